The van der Waals surface area contributed by atoms with E-state index in [0.29, 0.717) is 17.9 Å². The van der Waals surface area contributed by atoms with E-state index >= 15 is 0 Å². The van der Waals surface area contributed by atoms with E-state index in [1.54, 1.807) is 30.2 Å². The van der Waals surface area contributed by atoms with Gasteiger partial charge in [-0.3, -0.25) is 9.59 Å². The Balaban J connectivity index is 2.26. The van der Waals surface area contributed by atoms with Gasteiger partial charge in [-0.1, -0.05) is 11.8 Å². The maximum absolute atomic E-state index is 11.6. The molecule has 0 atom stereocenters. The number of Topliss-reactive ketones (excluding diaryl/α,β-unsaturated/α-hetero) is 1. The van der Waals surface area contributed by atoms with E-state index in [-0.39, 0.29) is 11.0 Å². The van der Waals surface area contributed by atoms with Gasteiger partial charge in [0, 0.05) is 23.4 Å². The quantitative estimate of drug-likeness (QED) is 0.785. The normalized spacial score (nSPS) is 15.0. The summed E-state index contributed by atoms with van der Waals surface area (Å²) in [7, 11) is 1.59. The Morgan fingerprint density at radius 1 is 1.50 bits per heavy atom. The Bertz CT molecular complexity index is 487. The van der Waals surface area contributed by atoms with Gasteiger partial charge in [-0.05, 0) is 25.1 Å². The molecule has 0 saturated carbocycles. The number of methoxy groups -OCH3 is 1. The molecule has 1 heterocycles. The van der Waals surface area contributed by atoms with E-state index in [9.17, 15) is 9.59 Å². The standard InChI is InChI=1S/C13H15NO3S/c1-9(15)10-3-4-12(17-2)11(7-10)8-14-5-6-18-13(14)16/h3-4,7H,5-6,8H2,1-2H3. The maximum atomic E-state index is 11.6. The molecule has 1 aromatic rings. The minimum atomic E-state index is 0.0148. The average molecular weight is 265 g/mol. The van der Waals surface area contributed by atoms with Gasteiger partial charge >= 0.3 is 0 Å². The molecular weight excluding hydrogens is 250 g/mol. The number of carbonyl (C=O) groups excluding carboxylic acids is 2. The molecule has 18 heavy (non-hydrogen) atoms. The van der Waals surface area contributed by atoms with Crippen LogP contribution in [-0.4, -0.2) is 35.3 Å². The molecule has 1 aliphatic heterocycles. The molecule has 0 radical (unpaired) electrons. The minimum Gasteiger partial charge on any atom is -0.496 e. The highest BCUT2D eigenvalue weighted by molar-refractivity contribution is 8.13. The van der Waals surface area contributed by atoms with Crippen LogP contribution in [0.15, 0.2) is 18.2 Å². The highest BCUT2D eigenvalue weighted by atomic mass is 32.2. The fraction of sp³-hybridized carbons (Fsp3) is 0.385. The number of carbonyl (C=O) groups is 2. The molecule has 1 aliphatic rings. The second-order valence-corrected chi connectivity index (χ2v) is 5.16. The molecule has 0 aliphatic carbocycles. The molecular formula is C13H15NO3S. The summed E-state index contributed by atoms with van der Waals surface area (Å²) in [6.45, 7) is 2.77. The third-order valence-electron chi connectivity index (χ3n) is 2.89. The van der Waals surface area contributed by atoms with E-state index < -0.39 is 0 Å². The fourth-order valence-electron chi connectivity index (χ4n) is 1.90. The molecule has 0 bridgehead atoms. The van der Waals surface area contributed by atoms with Crippen molar-refractivity contribution in [2.24, 2.45) is 0 Å². The first-order chi connectivity index (χ1) is 8.61. The summed E-state index contributed by atoms with van der Waals surface area (Å²) in [6.07, 6.45) is 0. The molecule has 96 valence electrons. The summed E-state index contributed by atoms with van der Waals surface area (Å²) < 4.78 is 5.27. The lowest BCUT2D eigenvalue weighted by Crippen LogP contribution is -2.22. The highest BCUT2D eigenvalue weighted by Gasteiger charge is 2.22. The summed E-state index contributed by atoms with van der Waals surface area (Å²) >= 11 is 1.33. The molecule has 4 nitrogen and oxygen atoms in total. The van der Waals surface area contributed by atoms with Gasteiger partial charge in [0.15, 0.2) is 5.78 Å². The van der Waals surface area contributed by atoms with Crippen LogP contribution in [0.25, 0.3) is 0 Å². The zero-order valence-electron chi connectivity index (χ0n) is 10.4. The SMILES string of the molecule is COc1ccc(C(C)=O)cc1CN1CCSC1=O. The third kappa shape index (κ3) is 2.67. The van der Waals surface area contributed by atoms with Crippen LogP contribution in [0, 0.1) is 0 Å². The van der Waals surface area contributed by atoms with Gasteiger partial charge in [0.25, 0.3) is 5.24 Å². The second-order valence-electron chi connectivity index (χ2n) is 4.12. The number of nitrogens with zero attached hydrogens (tertiary/aromatic N) is 1. The molecule has 1 amide bonds. The molecule has 5 heteroatoms. The number of hydrogen-bond donors (Lipinski definition) is 0. The smallest absolute Gasteiger partial charge is 0.282 e. The predicted octanol–water partition coefficient (Wildman–Crippen LogP) is 2.57. The largest absolute Gasteiger partial charge is 0.496 e. The average Bonchev–Trinajstić information content (AvgIpc) is 2.75. The van der Waals surface area contributed by atoms with Gasteiger partial charge in [0.2, 0.25) is 0 Å². The van der Waals surface area contributed by atoms with Crippen molar-refractivity contribution in [2.75, 3.05) is 19.4 Å². The lowest BCUT2D eigenvalue weighted by molar-refractivity contribution is 0.101. The number of ether oxygens (including phenoxy) is 1. The summed E-state index contributed by atoms with van der Waals surface area (Å²) in [5.41, 5.74) is 1.52. The zero-order valence-corrected chi connectivity index (χ0v) is 11.3. The van der Waals surface area contributed by atoms with Crippen molar-refractivity contribution in [3.05, 3.63) is 29.3 Å². The molecule has 0 unspecified atom stereocenters. The first kappa shape index (κ1) is 13.0. The van der Waals surface area contributed by atoms with Gasteiger partial charge in [-0.25, -0.2) is 0 Å². The fourth-order valence-corrected chi connectivity index (χ4v) is 2.72. The molecule has 0 N–H and O–H groups in total. The molecule has 2 rings (SSSR count). The Morgan fingerprint density at radius 2 is 2.28 bits per heavy atom. The summed E-state index contributed by atoms with van der Waals surface area (Å²) in [6, 6.07) is 5.32. The predicted molar refractivity (Wildman–Crippen MR) is 71.3 cm³/mol. The van der Waals surface area contributed by atoms with Gasteiger partial charge in [0.05, 0.1) is 13.7 Å². The van der Waals surface area contributed by atoms with Crippen molar-refractivity contribution in [3.8, 4) is 5.75 Å². The Labute approximate surface area is 110 Å². The van der Waals surface area contributed by atoms with Crippen LogP contribution < -0.4 is 4.74 Å². The molecule has 1 saturated heterocycles. The number of amides is 1. The second kappa shape index (κ2) is 5.44. The van der Waals surface area contributed by atoms with Crippen LogP contribution in [0.3, 0.4) is 0 Å². The van der Waals surface area contributed by atoms with E-state index in [2.05, 4.69) is 0 Å². The Morgan fingerprint density at radius 3 is 2.83 bits per heavy atom. The van der Waals surface area contributed by atoms with Crippen molar-refractivity contribution in [1.82, 2.24) is 4.90 Å². The number of hydrogen-bond acceptors (Lipinski definition) is 4. The van der Waals surface area contributed by atoms with E-state index in [4.69, 9.17) is 4.74 Å². The lowest BCUT2D eigenvalue weighted by Gasteiger charge is -2.17. The van der Waals surface area contributed by atoms with Gasteiger partial charge in [0.1, 0.15) is 5.75 Å². The van der Waals surface area contributed by atoms with Gasteiger partial charge in [-0.2, -0.15) is 0 Å². The topological polar surface area (TPSA) is 46.6 Å². The summed E-state index contributed by atoms with van der Waals surface area (Å²) in [5, 5.41) is 0.0882. The third-order valence-corrected chi connectivity index (χ3v) is 3.78. The van der Waals surface area contributed by atoms with Crippen molar-refractivity contribution in [3.63, 3.8) is 0 Å². The van der Waals surface area contributed by atoms with Crippen LogP contribution in [0.2, 0.25) is 0 Å². The van der Waals surface area contributed by atoms with E-state index in [1.165, 1.54) is 18.7 Å². The van der Waals surface area contributed by atoms with Crippen LogP contribution in [0.4, 0.5) is 4.79 Å². The number of thioether (sulfide) groups is 1. The number of benzene rings is 1. The molecule has 0 aromatic heterocycles. The van der Waals surface area contributed by atoms with Crippen LogP contribution in [0.5, 0.6) is 5.75 Å². The van der Waals surface area contributed by atoms with Crippen molar-refractivity contribution in [2.45, 2.75) is 13.5 Å². The van der Waals surface area contributed by atoms with Gasteiger partial charge in [-0.15, -0.1) is 0 Å². The monoisotopic (exact) mass is 265 g/mol. The molecule has 1 fully saturated rings. The first-order valence-electron chi connectivity index (χ1n) is 5.71. The zero-order chi connectivity index (χ0) is 13.1. The van der Waals surface area contributed by atoms with Crippen molar-refractivity contribution in [1.29, 1.82) is 0 Å². The van der Waals surface area contributed by atoms with Crippen LogP contribution in [0.1, 0.15) is 22.8 Å². The summed E-state index contributed by atoms with van der Waals surface area (Å²) in [4.78, 5) is 24.7. The maximum Gasteiger partial charge on any atom is 0.282 e. The Hall–Kier alpha value is -1.49. The molecule has 1 aromatic carbocycles. The van der Waals surface area contributed by atoms with Crippen LogP contribution in [-0.2, 0) is 6.54 Å². The first-order valence-corrected chi connectivity index (χ1v) is 6.70. The van der Waals surface area contributed by atoms with Crippen LogP contribution >= 0.6 is 11.8 Å². The van der Waals surface area contributed by atoms with Crippen molar-refractivity contribution >= 4 is 22.8 Å². The van der Waals surface area contributed by atoms with Crippen molar-refractivity contribution < 1.29 is 14.3 Å². The van der Waals surface area contributed by atoms with E-state index in [1.807, 2.05) is 0 Å². The van der Waals surface area contributed by atoms with Gasteiger partial charge < -0.3 is 9.64 Å². The minimum absolute atomic E-state index is 0.0148. The number of rotatable bonds is 4. The highest BCUT2D eigenvalue weighted by Crippen LogP contribution is 2.25. The number of ketones is 1. The lowest BCUT2D eigenvalue weighted by atomic mass is 10.1. The summed E-state index contributed by atoms with van der Waals surface area (Å²) in [5.74, 6) is 1.55. The van der Waals surface area contributed by atoms with E-state index in [0.717, 1.165) is 17.9 Å². The molecule has 0 spiro atoms. The Kier molecular flexibility index (Phi) is 3.91.